The van der Waals surface area contributed by atoms with Crippen LogP contribution in [0.15, 0.2) is 0 Å². The van der Waals surface area contributed by atoms with Crippen molar-refractivity contribution >= 4 is 11.9 Å². The van der Waals surface area contributed by atoms with Gasteiger partial charge in [0.15, 0.2) is 0 Å². The van der Waals surface area contributed by atoms with Gasteiger partial charge in [-0.15, -0.1) is 0 Å². The van der Waals surface area contributed by atoms with Gasteiger partial charge in [-0.2, -0.15) is 0 Å². The largest absolute Gasteiger partial charge is 0.544 e. The zero-order valence-electron chi connectivity index (χ0n) is 9.03. The molecule has 0 saturated heterocycles. The first kappa shape index (κ1) is 11.8. The van der Waals surface area contributed by atoms with Crippen molar-refractivity contribution in [3.05, 3.63) is 0 Å². The first-order chi connectivity index (χ1) is 7.02. The number of nitrogens with two attached hydrogens (primary N) is 1. The molecular weight excluding hydrogens is 196 g/mol. The van der Waals surface area contributed by atoms with E-state index in [1.165, 1.54) is 0 Å². The lowest BCUT2D eigenvalue weighted by atomic mass is 10.1. The first-order valence-corrected chi connectivity index (χ1v) is 5.19. The standard InChI is InChI=1S/C9H18N4O2/c1-6(2-3-7(10)8(14)15)13-5-4-12-9(13)11/h6-7H,2-5,10H2,1H3,(H3,11,12,14,15)/p+1. The van der Waals surface area contributed by atoms with E-state index in [-0.39, 0.29) is 6.04 Å². The zero-order chi connectivity index (χ0) is 11.4. The predicted octanol–water partition coefficient (Wildman–Crippen LogP) is -3.55. The van der Waals surface area contributed by atoms with E-state index in [0.29, 0.717) is 12.4 Å². The van der Waals surface area contributed by atoms with Crippen LogP contribution in [-0.2, 0) is 4.79 Å². The maximum Gasteiger partial charge on any atom is 0.343 e. The van der Waals surface area contributed by atoms with Crippen LogP contribution < -0.4 is 21.9 Å². The molecule has 2 atom stereocenters. The Morgan fingerprint density at radius 3 is 2.87 bits per heavy atom. The van der Waals surface area contributed by atoms with Crippen LogP contribution >= 0.6 is 0 Å². The molecule has 6 N–H and O–H groups in total. The lowest BCUT2D eigenvalue weighted by Gasteiger charge is -2.15. The van der Waals surface area contributed by atoms with Crippen LogP contribution in [0, 0.1) is 0 Å². The van der Waals surface area contributed by atoms with Gasteiger partial charge in [0.05, 0.1) is 25.1 Å². The molecule has 0 aromatic rings. The van der Waals surface area contributed by atoms with Gasteiger partial charge < -0.3 is 15.6 Å². The third-order valence-corrected chi connectivity index (χ3v) is 2.77. The van der Waals surface area contributed by atoms with Gasteiger partial charge in [0.2, 0.25) is 0 Å². The van der Waals surface area contributed by atoms with Crippen molar-refractivity contribution in [1.82, 2.24) is 5.32 Å². The number of carbonyl (C=O) groups is 1. The van der Waals surface area contributed by atoms with E-state index in [1.807, 2.05) is 11.5 Å². The number of rotatable bonds is 5. The second-order valence-electron chi connectivity index (χ2n) is 3.95. The highest BCUT2D eigenvalue weighted by Gasteiger charge is 2.22. The maximum absolute atomic E-state index is 10.5. The van der Waals surface area contributed by atoms with Gasteiger partial charge >= 0.3 is 5.96 Å². The first-order valence-electron chi connectivity index (χ1n) is 5.19. The number of carbonyl (C=O) groups excluding carboxylic acids is 1. The monoisotopic (exact) mass is 215 g/mol. The molecule has 1 aliphatic rings. The molecule has 1 aliphatic heterocycles. The summed E-state index contributed by atoms with van der Waals surface area (Å²) in [7, 11) is 0. The van der Waals surface area contributed by atoms with E-state index >= 15 is 0 Å². The lowest BCUT2D eigenvalue weighted by Crippen LogP contribution is -2.68. The Labute approximate surface area is 88.9 Å². The number of hydrogen-bond donors (Lipinski definition) is 3. The van der Waals surface area contributed by atoms with Crippen molar-refractivity contribution in [1.29, 1.82) is 0 Å². The quantitative estimate of drug-likeness (QED) is 0.412. The summed E-state index contributed by atoms with van der Waals surface area (Å²) in [4.78, 5) is 10.5. The number of hydrogen-bond acceptors (Lipinski definition) is 4. The lowest BCUT2D eigenvalue weighted by molar-refractivity contribution is -0.556. The van der Waals surface area contributed by atoms with Crippen molar-refractivity contribution in [3.63, 3.8) is 0 Å². The summed E-state index contributed by atoms with van der Waals surface area (Å²) < 4.78 is 2.04. The van der Waals surface area contributed by atoms with E-state index in [1.54, 1.807) is 0 Å². The van der Waals surface area contributed by atoms with Crippen LogP contribution in [0.1, 0.15) is 19.8 Å². The van der Waals surface area contributed by atoms with Gasteiger partial charge in [0, 0.05) is 6.42 Å². The van der Waals surface area contributed by atoms with Gasteiger partial charge in [-0.05, 0) is 13.3 Å². The third-order valence-electron chi connectivity index (χ3n) is 2.77. The van der Waals surface area contributed by atoms with Crippen molar-refractivity contribution in [3.8, 4) is 0 Å². The molecule has 1 rings (SSSR count). The smallest absolute Gasteiger partial charge is 0.343 e. The summed E-state index contributed by atoms with van der Waals surface area (Å²) >= 11 is 0. The zero-order valence-corrected chi connectivity index (χ0v) is 9.03. The Bertz CT molecular complexity index is 277. The van der Waals surface area contributed by atoms with Crippen molar-refractivity contribution in [2.45, 2.75) is 31.8 Å². The minimum absolute atomic E-state index is 0.239. The fourth-order valence-electron chi connectivity index (χ4n) is 1.70. The molecule has 1 heterocycles. The highest BCUT2D eigenvalue weighted by atomic mass is 16.4. The molecule has 0 spiro atoms. The van der Waals surface area contributed by atoms with Gasteiger partial charge in [-0.25, -0.2) is 0 Å². The van der Waals surface area contributed by atoms with E-state index in [0.717, 1.165) is 19.5 Å². The number of aliphatic carboxylic acids is 1. The highest BCUT2D eigenvalue weighted by molar-refractivity contribution is 5.73. The normalized spacial score (nSPS) is 19.9. The summed E-state index contributed by atoms with van der Waals surface area (Å²) in [5.74, 6) is -0.407. The van der Waals surface area contributed by atoms with Crippen LogP contribution in [-0.4, -0.2) is 41.7 Å². The summed E-state index contributed by atoms with van der Waals surface area (Å²) in [6.45, 7) is 3.76. The summed E-state index contributed by atoms with van der Waals surface area (Å²) in [5.41, 5.74) is 9.25. The Balaban J connectivity index is 2.39. The van der Waals surface area contributed by atoms with Crippen LogP contribution in [0.5, 0.6) is 0 Å². The Morgan fingerprint density at radius 1 is 1.73 bits per heavy atom. The minimum Gasteiger partial charge on any atom is -0.544 e. The molecule has 0 fully saturated rings. The molecule has 0 aliphatic carbocycles. The van der Waals surface area contributed by atoms with Crippen molar-refractivity contribution in [2.75, 3.05) is 13.1 Å². The number of nitrogens with one attached hydrogen (secondary N) is 1. The maximum atomic E-state index is 10.5. The fourth-order valence-corrected chi connectivity index (χ4v) is 1.70. The number of quaternary nitrogens is 1. The molecule has 6 heteroatoms. The average Bonchev–Trinajstić information content (AvgIpc) is 2.60. The number of carboxylic acid groups (broad SMARTS) is 1. The van der Waals surface area contributed by atoms with Gasteiger partial charge in [-0.1, -0.05) is 0 Å². The SMILES string of the molecule is CC(CCC([NH3+])C(=O)[O-])[N+]1=C(N)NCC1. The highest BCUT2D eigenvalue weighted by Crippen LogP contribution is 2.04. The number of guanidine groups is 1. The topological polar surface area (TPSA) is 109 Å². The molecule has 86 valence electrons. The molecule has 0 bridgehead atoms. The van der Waals surface area contributed by atoms with Gasteiger partial charge in [0.1, 0.15) is 6.04 Å². The van der Waals surface area contributed by atoms with Gasteiger partial charge in [0.25, 0.3) is 0 Å². The molecule has 0 aromatic heterocycles. The van der Waals surface area contributed by atoms with Gasteiger partial charge in [-0.3, -0.25) is 15.6 Å². The molecule has 2 unspecified atom stereocenters. The van der Waals surface area contributed by atoms with E-state index < -0.39 is 12.0 Å². The van der Waals surface area contributed by atoms with Crippen molar-refractivity contribution < 1.29 is 20.2 Å². The minimum atomic E-state index is -1.08. The average molecular weight is 215 g/mol. The molecule has 0 radical (unpaired) electrons. The fraction of sp³-hybridized carbons (Fsp3) is 0.778. The third kappa shape index (κ3) is 3.09. The number of nitrogens with zero attached hydrogens (tertiary/aromatic N) is 1. The Kier molecular flexibility index (Phi) is 3.90. The Morgan fingerprint density at radius 2 is 2.40 bits per heavy atom. The van der Waals surface area contributed by atoms with E-state index in [2.05, 4.69) is 11.1 Å². The van der Waals surface area contributed by atoms with Crippen LogP contribution in [0.3, 0.4) is 0 Å². The van der Waals surface area contributed by atoms with Crippen LogP contribution in [0.2, 0.25) is 0 Å². The summed E-state index contributed by atoms with van der Waals surface area (Å²) in [6, 6.07) is -0.396. The van der Waals surface area contributed by atoms with Crippen LogP contribution in [0.4, 0.5) is 0 Å². The van der Waals surface area contributed by atoms with E-state index in [9.17, 15) is 9.90 Å². The molecule has 0 aromatic carbocycles. The second kappa shape index (κ2) is 4.97. The molecule has 0 saturated carbocycles. The Hall–Kier alpha value is -1.30. The second-order valence-corrected chi connectivity index (χ2v) is 3.95. The molecule has 0 amide bonds. The molecule has 15 heavy (non-hydrogen) atoms. The number of carboxylic acids is 1. The van der Waals surface area contributed by atoms with E-state index in [4.69, 9.17) is 5.73 Å². The summed E-state index contributed by atoms with van der Waals surface area (Å²) in [5, 5.41) is 13.5. The van der Waals surface area contributed by atoms with Crippen molar-refractivity contribution in [2.24, 2.45) is 5.73 Å². The summed E-state index contributed by atoms with van der Waals surface area (Å²) in [6.07, 6.45) is 1.28. The predicted molar refractivity (Wildman–Crippen MR) is 52.7 cm³/mol. The molecule has 6 nitrogen and oxygen atoms in total. The molecular formula is C9H19N4O2+. The van der Waals surface area contributed by atoms with Crippen LogP contribution in [0.25, 0.3) is 0 Å².